The zero-order valence-corrected chi connectivity index (χ0v) is 9.35. The number of para-hydroxylation sites is 1. The van der Waals surface area contributed by atoms with Crippen LogP contribution in [-0.4, -0.2) is 4.92 Å². The Labute approximate surface area is 103 Å². The summed E-state index contributed by atoms with van der Waals surface area (Å²) < 4.78 is 0. The molecule has 2 aromatic rings. The molecule has 0 spiro atoms. The fourth-order valence-electron chi connectivity index (χ4n) is 1.36. The molecule has 2 aromatic carbocycles. The van der Waals surface area contributed by atoms with Crippen LogP contribution in [0.1, 0.15) is 0 Å². The van der Waals surface area contributed by atoms with E-state index in [1.165, 1.54) is 6.07 Å². The summed E-state index contributed by atoms with van der Waals surface area (Å²) in [5.74, 6) is 0. The van der Waals surface area contributed by atoms with Gasteiger partial charge < -0.3 is 5.73 Å². The Bertz CT molecular complexity index is 593. The highest BCUT2D eigenvalue weighted by Crippen LogP contribution is 2.28. The molecule has 0 bridgehead atoms. The first-order valence-electron chi connectivity index (χ1n) is 5.17. The number of hydrogen-bond acceptors (Lipinski definition) is 5. The number of hydrogen-bond donors (Lipinski definition) is 1. The van der Waals surface area contributed by atoms with Crippen LogP contribution in [0, 0.1) is 10.1 Å². The van der Waals surface area contributed by atoms with Gasteiger partial charge >= 0.3 is 0 Å². The third-order valence-electron chi connectivity index (χ3n) is 2.24. The molecule has 0 aliphatic heterocycles. The first-order valence-corrected chi connectivity index (χ1v) is 5.17. The van der Waals surface area contributed by atoms with Crippen molar-refractivity contribution in [3.05, 3.63) is 58.6 Å². The Morgan fingerprint density at radius 2 is 1.67 bits per heavy atom. The van der Waals surface area contributed by atoms with Crippen molar-refractivity contribution in [3.63, 3.8) is 0 Å². The van der Waals surface area contributed by atoms with Crippen LogP contribution < -0.4 is 5.73 Å². The number of nitro groups is 1. The van der Waals surface area contributed by atoms with E-state index in [0.717, 1.165) is 0 Å². The monoisotopic (exact) mass is 242 g/mol. The van der Waals surface area contributed by atoms with E-state index in [1.54, 1.807) is 42.5 Å². The van der Waals surface area contributed by atoms with E-state index in [2.05, 4.69) is 10.2 Å². The average molecular weight is 242 g/mol. The van der Waals surface area contributed by atoms with Crippen molar-refractivity contribution in [1.29, 1.82) is 0 Å². The van der Waals surface area contributed by atoms with Crippen molar-refractivity contribution < 1.29 is 4.92 Å². The second-order valence-electron chi connectivity index (χ2n) is 3.54. The van der Waals surface area contributed by atoms with Crippen molar-refractivity contribution in [2.75, 3.05) is 5.73 Å². The minimum absolute atomic E-state index is 0.0725. The standard InChI is InChI=1S/C12H10N4O2/c13-9-5-7-10(8-6-9)14-15-11-3-1-2-4-12(11)16(17)18/h1-8H,13H2/b15-14+. The van der Waals surface area contributed by atoms with Crippen LogP contribution in [0.25, 0.3) is 0 Å². The third-order valence-corrected chi connectivity index (χ3v) is 2.24. The molecule has 0 radical (unpaired) electrons. The van der Waals surface area contributed by atoms with Gasteiger partial charge in [0.1, 0.15) is 0 Å². The molecule has 0 heterocycles. The summed E-state index contributed by atoms with van der Waals surface area (Å²) in [5, 5.41) is 18.6. The Balaban J connectivity index is 2.29. The van der Waals surface area contributed by atoms with Gasteiger partial charge in [0.05, 0.1) is 10.6 Å². The number of rotatable bonds is 3. The van der Waals surface area contributed by atoms with Gasteiger partial charge in [-0.15, -0.1) is 5.11 Å². The number of nitrogens with zero attached hydrogens (tertiary/aromatic N) is 3. The summed E-state index contributed by atoms with van der Waals surface area (Å²) in [6, 6.07) is 12.9. The minimum atomic E-state index is -0.489. The Morgan fingerprint density at radius 1 is 1.00 bits per heavy atom. The molecule has 0 aliphatic rings. The van der Waals surface area contributed by atoms with Gasteiger partial charge in [-0.25, -0.2) is 0 Å². The predicted octanol–water partition coefficient (Wildman–Crippen LogP) is 3.59. The van der Waals surface area contributed by atoms with Crippen LogP contribution in [0.2, 0.25) is 0 Å². The molecule has 0 saturated heterocycles. The average Bonchev–Trinajstić information content (AvgIpc) is 2.38. The van der Waals surface area contributed by atoms with Crippen molar-refractivity contribution in [3.8, 4) is 0 Å². The SMILES string of the molecule is Nc1ccc(/N=N/c2ccccc2[N+](=O)[O-])cc1. The van der Waals surface area contributed by atoms with Gasteiger partial charge in [-0.1, -0.05) is 12.1 Å². The van der Waals surface area contributed by atoms with Gasteiger partial charge in [-0.3, -0.25) is 10.1 Å². The lowest BCUT2D eigenvalue weighted by Gasteiger charge is -1.96. The van der Waals surface area contributed by atoms with Gasteiger partial charge in [0.15, 0.2) is 5.69 Å². The van der Waals surface area contributed by atoms with E-state index < -0.39 is 4.92 Å². The topological polar surface area (TPSA) is 93.9 Å². The van der Waals surface area contributed by atoms with Crippen LogP contribution in [0.3, 0.4) is 0 Å². The van der Waals surface area contributed by atoms with Crippen molar-refractivity contribution in [1.82, 2.24) is 0 Å². The summed E-state index contributed by atoms with van der Waals surface area (Å²) >= 11 is 0. The molecule has 0 unspecified atom stereocenters. The maximum atomic E-state index is 10.8. The largest absolute Gasteiger partial charge is 0.399 e. The molecule has 18 heavy (non-hydrogen) atoms. The van der Waals surface area contributed by atoms with Crippen molar-refractivity contribution >= 4 is 22.7 Å². The Morgan fingerprint density at radius 3 is 2.33 bits per heavy atom. The maximum Gasteiger partial charge on any atom is 0.296 e. The van der Waals surface area contributed by atoms with E-state index in [0.29, 0.717) is 11.4 Å². The summed E-state index contributed by atoms with van der Waals surface area (Å²) in [7, 11) is 0. The highest BCUT2D eigenvalue weighted by Gasteiger charge is 2.11. The molecule has 0 saturated carbocycles. The number of anilines is 1. The third kappa shape index (κ3) is 2.67. The fourth-order valence-corrected chi connectivity index (χ4v) is 1.36. The minimum Gasteiger partial charge on any atom is -0.399 e. The Hall–Kier alpha value is -2.76. The van der Waals surface area contributed by atoms with Crippen molar-refractivity contribution in [2.45, 2.75) is 0 Å². The lowest BCUT2D eigenvalue weighted by molar-refractivity contribution is -0.384. The molecule has 0 atom stereocenters. The summed E-state index contributed by atoms with van der Waals surface area (Å²) in [6.07, 6.45) is 0. The first kappa shape index (κ1) is 11.7. The first-order chi connectivity index (χ1) is 8.66. The summed E-state index contributed by atoms with van der Waals surface area (Å²) in [5.41, 5.74) is 6.90. The van der Waals surface area contributed by atoms with Gasteiger partial charge in [0, 0.05) is 11.8 Å². The molecule has 90 valence electrons. The van der Waals surface area contributed by atoms with E-state index in [-0.39, 0.29) is 11.4 Å². The lowest BCUT2D eigenvalue weighted by Crippen LogP contribution is -1.87. The van der Waals surface area contributed by atoms with E-state index in [1.807, 2.05) is 0 Å². The number of nitrogen functional groups attached to an aromatic ring is 1. The normalized spacial score (nSPS) is 10.7. The lowest BCUT2D eigenvalue weighted by atomic mass is 10.3. The zero-order chi connectivity index (χ0) is 13.0. The number of azo groups is 1. The van der Waals surface area contributed by atoms with E-state index in [4.69, 9.17) is 5.73 Å². The highest BCUT2D eigenvalue weighted by atomic mass is 16.6. The molecular formula is C12H10N4O2. The Kier molecular flexibility index (Phi) is 3.29. The summed E-state index contributed by atoms with van der Waals surface area (Å²) in [4.78, 5) is 10.3. The maximum absolute atomic E-state index is 10.8. The number of nitro benzene ring substituents is 1. The molecule has 0 amide bonds. The highest BCUT2D eigenvalue weighted by molar-refractivity contribution is 5.57. The second kappa shape index (κ2) is 5.05. The summed E-state index contributed by atoms with van der Waals surface area (Å²) in [6.45, 7) is 0. The molecule has 0 fully saturated rings. The fraction of sp³-hybridized carbons (Fsp3) is 0. The van der Waals surface area contributed by atoms with Crippen LogP contribution in [0.4, 0.5) is 22.7 Å². The smallest absolute Gasteiger partial charge is 0.296 e. The molecule has 6 heteroatoms. The molecule has 2 rings (SSSR count). The van der Waals surface area contributed by atoms with Crippen molar-refractivity contribution in [2.24, 2.45) is 10.2 Å². The quantitative estimate of drug-likeness (QED) is 0.385. The predicted molar refractivity (Wildman–Crippen MR) is 68.1 cm³/mol. The molecular weight excluding hydrogens is 232 g/mol. The molecule has 0 aromatic heterocycles. The number of nitrogens with two attached hydrogens (primary N) is 1. The van der Waals surface area contributed by atoms with Crippen LogP contribution in [0.5, 0.6) is 0 Å². The van der Waals surface area contributed by atoms with Crippen LogP contribution >= 0.6 is 0 Å². The van der Waals surface area contributed by atoms with E-state index in [9.17, 15) is 10.1 Å². The van der Waals surface area contributed by atoms with E-state index >= 15 is 0 Å². The van der Waals surface area contributed by atoms with Gasteiger partial charge in [0.25, 0.3) is 5.69 Å². The van der Waals surface area contributed by atoms with Crippen LogP contribution in [-0.2, 0) is 0 Å². The number of benzene rings is 2. The molecule has 2 N–H and O–H groups in total. The second-order valence-corrected chi connectivity index (χ2v) is 3.54. The van der Waals surface area contributed by atoms with Gasteiger partial charge in [0.2, 0.25) is 0 Å². The molecule has 0 aliphatic carbocycles. The zero-order valence-electron chi connectivity index (χ0n) is 9.35. The molecule has 6 nitrogen and oxygen atoms in total. The van der Waals surface area contributed by atoms with Gasteiger partial charge in [-0.2, -0.15) is 5.11 Å². The van der Waals surface area contributed by atoms with Gasteiger partial charge in [-0.05, 0) is 30.3 Å². The van der Waals surface area contributed by atoms with Crippen LogP contribution in [0.15, 0.2) is 58.8 Å².